The molecule has 0 fully saturated rings. The summed E-state index contributed by atoms with van der Waals surface area (Å²) in [7, 11) is -9.91. The first-order valence-corrected chi connectivity index (χ1v) is 43.7. The molecule has 0 spiro atoms. The van der Waals surface area contributed by atoms with Crippen LogP contribution in [0.1, 0.15) is 413 Å². The quantitative estimate of drug-likeness (QED) is 0.0222. The number of phosphoric acid groups is 2. The highest BCUT2D eigenvalue weighted by Crippen LogP contribution is 2.45. The van der Waals surface area contributed by atoms with E-state index >= 15 is 0 Å². The molecule has 3 unspecified atom stereocenters. The van der Waals surface area contributed by atoms with Gasteiger partial charge < -0.3 is 33.8 Å². The summed E-state index contributed by atoms with van der Waals surface area (Å²) in [5.41, 5.74) is 0. The normalized spacial score (nSPS) is 14.2. The lowest BCUT2D eigenvalue weighted by molar-refractivity contribution is -0.161. The number of phosphoric ester groups is 2. The molecule has 3 N–H and O–H groups in total. The van der Waals surface area contributed by atoms with Crippen LogP contribution >= 0.6 is 15.6 Å². The Bertz CT molecular complexity index is 1860. The molecule has 0 saturated carbocycles. The second-order valence-corrected chi connectivity index (χ2v) is 31.3. The molecule has 0 aromatic rings. The second-order valence-electron chi connectivity index (χ2n) is 28.3. The Balaban J connectivity index is 5.19. The first-order chi connectivity index (χ1) is 47.1. The van der Waals surface area contributed by atoms with Gasteiger partial charge in [-0.2, -0.15) is 0 Å². The van der Waals surface area contributed by atoms with E-state index in [0.717, 1.165) is 95.8 Å². The van der Waals surface area contributed by atoms with Gasteiger partial charge in [-0.3, -0.25) is 37.3 Å². The van der Waals surface area contributed by atoms with E-state index in [1.165, 1.54) is 238 Å². The molecular formula is C78H152O17P2. The zero-order valence-electron chi connectivity index (χ0n) is 63.2. The van der Waals surface area contributed by atoms with E-state index in [1.54, 1.807) is 0 Å². The summed E-state index contributed by atoms with van der Waals surface area (Å²) in [6.07, 6.45) is 61.1. The highest BCUT2D eigenvalue weighted by atomic mass is 31.2. The molecule has 0 saturated heterocycles. The highest BCUT2D eigenvalue weighted by molar-refractivity contribution is 7.47. The predicted molar refractivity (Wildman–Crippen MR) is 395 cm³/mol. The number of hydrogen-bond donors (Lipinski definition) is 3. The van der Waals surface area contributed by atoms with E-state index in [4.69, 9.17) is 37.0 Å². The van der Waals surface area contributed by atoms with Gasteiger partial charge in [-0.05, 0) is 31.6 Å². The number of esters is 4. The smallest absolute Gasteiger partial charge is 0.462 e. The van der Waals surface area contributed by atoms with Crippen LogP contribution in [0.25, 0.3) is 0 Å². The molecule has 0 aliphatic heterocycles. The zero-order valence-corrected chi connectivity index (χ0v) is 65.0. The van der Waals surface area contributed by atoms with Crippen molar-refractivity contribution in [2.45, 2.75) is 432 Å². The molecule has 0 amide bonds. The Morgan fingerprint density at radius 2 is 0.495 bits per heavy atom. The Morgan fingerprint density at radius 1 is 0.289 bits per heavy atom. The summed E-state index contributed by atoms with van der Waals surface area (Å²) in [6, 6.07) is 0. The van der Waals surface area contributed by atoms with Crippen molar-refractivity contribution < 1.29 is 80.2 Å². The van der Waals surface area contributed by atoms with Gasteiger partial charge in [0.25, 0.3) is 0 Å². The summed E-state index contributed by atoms with van der Waals surface area (Å²) >= 11 is 0. The second kappa shape index (κ2) is 71.1. The van der Waals surface area contributed by atoms with Crippen LogP contribution in [0.3, 0.4) is 0 Å². The molecule has 0 aromatic heterocycles. The molecule has 19 heteroatoms. The maximum atomic E-state index is 13.1. The van der Waals surface area contributed by atoms with Crippen molar-refractivity contribution in [2.75, 3.05) is 39.6 Å². The molecule has 0 rings (SSSR count). The SMILES string of the molecule is CCCCCCCCCCCCCCCCCCCCCCC(=O)O[C@H](COC(=O)CCCCCCCCCCCCCCCCC(C)CC)COP(=O)(O)OC[C@@H](O)COP(=O)(O)OC[C@@H](COC(=O)CCCCCCCCCCC)OC(=O)CCCCCCCCCCCC. The van der Waals surface area contributed by atoms with Crippen LogP contribution in [0.4, 0.5) is 0 Å². The van der Waals surface area contributed by atoms with Gasteiger partial charge in [-0.1, -0.05) is 362 Å². The largest absolute Gasteiger partial charge is 0.472 e. The topological polar surface area (TPSA) is 237 Å². The molecule has 576 valence electrons. The van der Waals surface area contributed by atoms with Crippen LogP contribution < -0.4 is 0 Å². The Morgan fingerprint density at radius 3 is 0.732 bits per heavy atom. The van der Waals surface area contributed by atoms with Crippen LogP contribution in [0.5, 0.6) is 0 Å². The maximum absolute atomic E-state index is 13.1. The Kier molecular flexibility index (Phi) is 69.6. The summed E-state index contributed by atoms with van der Waals surface area (Å²) in [5, 5.41) is 10.6. The summed E-state index contributed by atoms with van der Waals surface area (Å²) in [4.78, 5) is 72.8. The van der Waals surface area contributed by atoms with Crippen LogP contribution in [0, 0.1) is 5.92 Å². The van der Waals surface area contributed by atoms with Crippen LogP contribution in [-0.4, -0.2) is 96.7 Å². The van der Waals surface area contributed by atoms with E-state index < -0.39 is 97.5 Å². The van der Waals surface area contributed by atoms with Gasteiger partial charge in [0.15, 0.2) is 12.2 Å². The lowest BCUT2D eigenvalue weighted by Crippen LogP contribution is -2.30. The molecule has 6 atom stereocenters. The lowest BCUT2D eigenvalue weighted by atomic mass is 9.99. The Labute approximate surface area is 594 Å². The van der Waals surface area contributed by atoms with Crippen LogP contribution in [-0.2, 0) is 65.4 Å². The van der Waals surface area contributed by atoms with Gasteiger partial charge in [0.05, 0.1) is 26.4 Å². The zero-order chi connectivity index (χ0) is 71.2. The minimum atomic E-state index is -4.96. The summed E-state index contributed by atoms with van der Waals surface area (Å²) in [5.74, 6) is -1.26. The van der Waals surface area contributed by atoms with Gasteiger partial charge >= 0.3 is 39.5 Å². The number of rotatable bonds is 78. The van der Waals surface area contributed by atoms with Crippen molar-refractivity contribution in [3.63, 3.8) is 0 Å². The van der Waals surface area contributed by atoms with Crippen molar-refractivity contribution in [1.82, 2.24) is 0 Å². The minimum absolute atomic E-state index is 0.107. The molecular weight excluding hydrogens is 1270 g/mol. The molecule has 0 aromatic carbocycles. The highest BCUT2D eigenvalue weighted by Gasteiger charge is 2.30. The third-order valence-corrected chi connectivity index (χ3v) is 20.5. The first-order valence-electron chi connectivity index (χ1n) is 40.7. The number of aliphatic hydroxyl groups is 1. The third-order valence-electron chi connectivity index (χ3n) is 18.6. The van der Waals surface area contributed by atoms with Crippen molar-refractivity contribution in [1.29, 1.82) is 0 Å². The molecule has 0 radical (unpaired) electrons. The van der Waals surface area contributed by atoms with Crippen LogP contribution in [0.2, 0.25) is 0 Å². The maximum Gasteiger partial charge on any atom is 0.472 e. The monoisotopic (exact) mass is 1420 g/mol. The summed E-state index contributed by atoms with van der Waals surface area (Å²) in [6.45, 7) is 7.33. The van der Waals surface area contributed by atoms with E-state index in [9.17, 15) is 43.2 Å². The number of carbonyl (C=O) groups excluding carboxylic acids is 4. The first kappa shape index (κ1) is 95.1. The van der Waals surface area contributed by atoms with Gasteiger partial charge in [0.1, 0.15) is 19.3 Å². The molecule has 0 aliphatic carbocycles. The van der Waals surface area contributed by atoms with Crippen molar-refractivity contribution in [2.24, 2.45) is 5.92 Å². The number of aliphatic hydroxyl groups excluding tert-OH is 1. The average Bonchev–Trinajstić information content (AvgIpc) is 1.08. The number of unbranched alkanes of at least 4 members (excludes halogenated alkanes) is 49. The fourth-order valence-electron chi connectivity index (χ4n) is 12.0. The van der Waals surface area contributed by atoms with E-state index in [-0.39, 0.29) is 25.7 Å². The molecule has 0 bridgehead atoms. The van der Waals surface area contributed by atoms with Gasteiger partial charge in [0, 0.05) is 25.7 Å². The molecule has 17 nitrogen and oxygen atoms in total. The third kappa shape index (κ3) is 70.9. The molecule has 0 aliphatic rings. The van der Waals surface area contributed by atoms with E-state index in [2.05, 4.69) is 34.6 Å². The van der Waals surface area contributed by atoms with E-state index in [0.29, 0.717) is 25.7 Å². The van der Waals surface area contributed by atoms with Gasteiger partial charge in [-0.25, -0.2) is 9.13 Å². The van der Waals surface area contributed by atoms with Crippen molar-refractivity contribution in [3.8, 4) is 0 Å². The fourth-order valence-corrected chi connectivity index (χ4v) is 13.6. The van der Waals surface area contributed by atoms with Crippen molar-refractivity contribution in [3.05, 3.63) is 0 Å². The van der Waals surface area contributed by atoms with Crippen molar-refractivity contribution >= 4 is 39.5 Å². The number of carbonyl (C=O) groups is 4. The standard InChI is InChI=1S/C78H152O17P2/c1-6-10-13-16-19-22-24-25-26-27-28-29-30-31-36-39-44-49-54-59-64-78(83)95-74(68-89-76(81)62-57-52-47-43-38-35-33-32-34-37-41-45-50-55-60-71(5)9-4)70-93-97(86,87)91-66-72(79)65-90-96(84,85)92-69-73(67-88-75(80)61-56-51-46-40-21-18-15-12-8-3)94-77(82)63-58-53-48-42-23-20-17-14-11-7-2/h71-74,79H,6-70H2,1-5H3,(H,84,85)(H,86,87)/t71?,72-,73+,74+/m0/s1. The Hall–Kier alpha value is -1.94. The van der Waals surface area contributed by atoms with Gasteiger partial charge in [0.2, 0.25) is 0 Å². The fraction of sp³-hybridized carbons (Fsp3) is 0.949. The van der Waals surface area contributed by atoms with Gasteiger partial charge in [-0.15, -0.1) is 0 Å². The number of ether oxygens (including phenoxy) is 4. The summed E-state index contributed by atoms with van der Waals surface area (Å²) < 4.78 is 68.5. The minimum Gasteiger partial charge on any atom is -0.462 e. The predicted octanol–water partition coefficient (Wildman–Crippen LogP) is 23.3. The van der Waals surface area contributed by atoms with Crippen LogP contribution in [0.15, 0.2) is 0 Å². The number of hydrogen-bond acceptors (Lipinski definition) is 15. The lowest BCUT2D eigenvalue weighted by Gasteiger charge is -2.21. The molecule has 0 heterocycles. The molecule has 97 heavy (non-hydrogen) atoms. The average molecular weight is 1420 g/mol. The van der Waals surface area contributed by atoms with E-state index in [1.807, 2.05) is 0 Å².